The highest BCUT2D eigenvalue weighted by molar-refractivity contribution is 5.75. The predicted molar refractivity (Wildman–Crippen MR) is 78.5 cm³/mol. The van der Waals surface area contributed by atoms with Gasteiger partial charge in [0.25, 0.3) is 0 Å². The number of carbonyl (C=O) groups is 1. The lowest BCUT2D eigenvalue weighted by molar-refractivity contribution is -0.121. The van der Waals surface area contributed by atoms with Crippen LogP contribution in [0.1, 0.15) is 44.6 Å². The number of nitrogens with one attached hydrogen (secondary N) is 1. The molecule has 1 aromatic carbocycles. The van der Waals surface area contributed by atoms with Gasteiger partial charge in [0, 0.05) is 13.0 Å². The van der Waals surface area contributed by atoms with Crippen LogP contribution in [0.15, 0.2) is 24.3 Å². The fourth-order valence-electron chi connectivity index (χ4n) is 1.94. The molecule has 0 atom stereocenters. The van der Waals surface area contributed by atoms with E-state index < -0.39 is 0 Å². The minimum Gasteiger partial charge on any atom is -0.497 e. The zero-order valence-corrected chi connectivity index (χ0v) is 12.1. The van der Waals surface area contributed by atoms with Gasteiger partial charge in [-0.15, -0.1) is 0 Å². The second-order valence-electron chi connectivity index (χ2n) is 4.76. The third-order valence-corrected chi connectivity index (χ3v) is 3.15. The summed E-state index contributed by atoms with van der Waals surface area (Å²) in [7, 11) is 1.66. The minimum atomic E-state index is 0.171. The summed E-state index contributed by atoms with van der Waals surface area (Å²) in [6, 6.07) is 7.96. The molecule has 1 aromatic rings. The lowest BCUT2D eigenvalue weighted by Crippen LogP contribution is -2.25. The van der Waals surface area contributed by atoms with E-state index in [-0.39, 0.29) is 5.91 Å². The molecule has 19 heavy (non-hydrogen) atoms. The Hall–Kier alpha value is -1.51. The van der Waals surface area contributed by atoms with Gasteiger partial charge in [0.1, 0.15) is 5.75 Å². The highest BCUT2D eigenvalue weighted by Crippen LogP contribution is 2.11. The summed E-state index contributed by atoms with van der Waals surface area (Å²) >= 11 is 0. The van der Waals surface area contributed by atoms with Crippen molar-refractivity contribution in [2.45, 2.75) is 45.4 Å². The quantitative estimate of drug-likeness (QED) is 0.694. The SMILES string of the molecule is CCCCCCC(=O)NCCc1ccc(OC)cc1. The van der Waals surface area contributed by atoms with E-state index in [0.717, 1.165) is 25.0 Å². The molecule has 0 bridgehead atoms. The largest absolute Gasteiger partial charge is 0.497 e. The zero-order chi connectivity index (χ0) is 13.9. The van der Waals surface area contributed by atoms with Gasteiger partial charge in [0.05, 0.1) is 7.11 Å². The number of amides is 1. The van der Waals surface area contributed by atoms with Crippen LogP contribution in [0, 0.1) is 0 Å². The Bertz CT molecular complexity index is 360. The molecule has 0 aliphatic carbocycles. The van der Waals surface area contributed by atoms with E-state index in [0.29, 0.717) is 13.0 Å². The molecule has 0 aliphatic heterocycles. The maximum atomic E-state index is 11.6. The molecule has 0 saturated heterocycles. The zero-order valence-electron chi connectivity index (χ0n) is 12.1. The molecule has 0 saturated carbocycles. The summed E-state index contributed by atoms with van der Waals surface area (Å²) in [5.41, 5.74) is 1.21. The van der Waals surface area contributed by atoms with E-state index in [1.165, 1.54) is 18.4 Å². The monoisotopic (exact) mass is 263 g/mol. The minimum absolute atomic E-state index is 0.171. The average Bonchev–Trinajstić information content (AvgIpc) is 2.44. The number of rotatable bonds is 9. The van der Waals surface area contributed by atoms with Crippen molar-refractivity contribution in [1.29, 1.82) is 0 Å². The molecule has 0 heterocycles. The van der Waals surface area contributed by atoms with Crippen LogP contribution in [0.3, 0.4) is 0 Å². The van der Waals surface area contributed by atoms with Gasteiger partial charge in [-0.1, -0.05) is 38.3 Å². The number of ether oxygens (including phenoxy) is 1. The van der Waals surface area contributed by atoms with E-state index >= 15 is 0 Å². The fourth-order valence-corrected chi connectivity index (χ4v) is 1.94. The van der Waals surface area contributed by atoms with Crippen molar-refractivity contribution >= 4 is 5.91 Å². The summed E-state index contributed by atoms with van der Waals surface area (Å²) in [4.78, 5) is 11.6. The van der Waals surface area contributed by atoms with Crippen LogP contribution in [-0.2, 0) is 11.2 Å². The first-order valence-electron chi connectivity index (χ1n) is 7.16. The van der Waals surface area contributed by atoms with Crippen LogP contribution in [0.25, 0.3) is 0 Å². The Labute approximate surface area is 116 Å². The van der Waals surface area contributed by atoms with Gasteiger partial charge in [0.2, 0.25) is 5.91 Å². The van der Waals surface area contributed by atoms with Gasteiger partial charge < -0.3 is 10.1 Å². The van der Waals surface area contributed by atoms with Crippen molar-refractivity contribution in [3.63, 3.8) is 0 Å². The smallest absolute Gasteiger partial charge is 0.220 e. The Balaban J connectivity index is 2.13. The van der Waals surface area contributed by atoms with E-state index in [1.807, 2.05) is 24.3 Å². The molecule has 0 unspecified atom stereocenters. The summed E-state index contributed by atoms with van der Waals surface area (Å²) in [6.07, 6.45) is 6.11. The second-order valence-corrected chi connectivity index (χ2v) is 4.76. The third-order valence-electron chi connectivity index (χ3n) is 3.15. The van der Waals surface area contributed by atoms with Crippen LogP contribution in [0.5, 0.6) is 5.75 Å². The molecule has 0 spiro atoms. The second kappa shape index (κ2) is 9.42. The van der Waals surface area contributed by atoms with Gasteiger partial charge >= 0.3 is 0 Å². The molecule has 0 fully saturated rings. The van der Waals surface area contributed by atoms with Crippen molar-refractivity contribution in [1.82, 2.24) is 5.32 Å². The topological polar surface area (TPSA) is 38.3 Å². The highest BCUT2D eigenvalue weighted by Gasteiger charge is 2.00. The van der Waals surface area contributed by atoms with E-state index in [4.69, 9.17) is 4.74 Å². The first-order valence-corrected chi connectivity index (χ1v) is 7.16. The normalized spacial score (nSPS) is 10.2. The van der Waals surface area contributed by atoms with Crippen LogP contribution >= 0.6 is 0 Å². The van der Waals surface area contributed by atoms with Gasteiger partial charge in [-0.25, -0.2) is 0 Å². The number of hydrogen-bond donors (Lipinski definition) is 1. The first kappa shape index (κ1) is 15.5. The standard InChI is InChI=1S/C16H25NO2/c1-3-4-5-6-7-16(18)17-13-12-14-8-10-15(19-2)11-9-14/h8-11H,3-7,12-13H2,1-2H3,(H,17,18). The van der Waals surface area contributed by atoms with Crippen molar-refractivity contribution in [3.8, 4) is 5.75 Å². The lowest BCUT2D eigenvalue weighted by Gasteiger charge is -2.06. The number of hydrogen-bond acceptors (Lipinski definition) is 2. The van der Waals surface area contributed by atoms with Gasteiger partial charge in [-0.2, -0.15) is 0 Å². The number of carbonyl (C=O) groups excluding carboxylic acids is 1. The summed E-state index contributed by atoms with van der Waals surface area (Å²) < 4.78 is 5.11. The molecular formula is C16H25NO2. The van der Waals surface area contributed by atoms with Gasteiger partial charge in [-0.05, 0) is 30.5 Å². The molecule has 3 nitrogen and oxygen atoms in total. The third kappa shape index (κ3) is 6.85. The van der Waals surface area contributed by atoms with Gasteiger partial charge in [0.15, 0.2) is 0 Å². The van der Waals surface area contributed by atoms with Gasteiger partial charge in [-0.3, -0.25) is 4.79 Å². The average molecular weight is 263 g/mol. The van der Waals surface area contributed by atoms with E-state index in [1.54, 1.807) is 7.11 Å². The lowest BCUT2D eigenvalue weighted by atomic mass is 10.1. The number of unbranched alkanes of at least 4 members (excludes halogenated alkanes) is 3. The van der Waals surface area contributed by atoms with E-state index in [9.17, 15) is 4.79 Å². The molecule has 0 aromatic heterocycles. The molecule has 106 valence electrons. The highest BCUT2D eigenvalue weighted by atomic mass is 16.5. The molecule has 1 rings (SSSR count). The van der Waals surface area contributed by atoms with Crippen LogP contribution in [0.2, 0.25) is 0 Å². The Morgan fingerprint density at radius 2 is 1.89 bits per heavy atom. The summed E-state index contributed by atoms with van der Waals surface area (Å²) in [5.74, 6) is 1.04. The van der Waals surface area contributed by atoms with Crippen molar-refractivity contribution in [2.24, 2.45) is 0 Å². The Kier molecular flexibility index (Phi) is 7.71. The first-order chi connectivity index (χ1) is 9.26. The summed E-state index contributed by atoms with van der Waals surface area (Å²) in [5, 5.41) is 2.97. The Morgan fingerprint density at radius 1 is 1.16 bits per heavy atom. The molecule has 1 N–H and O–H groups in total. The molecule has 3 heteroatoms. The van der Waals surface area contributed by atoms with Crippen LogP contribution in [-0.4, -0.2) is 19.6 Å². The fraction of sp³-hybridized carbons (Fsp3) is 0.562. The molecular weight excluding hydrogens is 238 g/mol. The van der Waals surface area contributed by atoms with E-state index in [2.05, 4.69) is 12.2 Å². The van der Waals surface area contributed by atoms with Crippen molar-refractivity contribution in [2.75, 3.05) is 13.7 Å². The van der Waals surface area contributed by atoms with Crippen molar-refractivity contribution in [3.05, 3.63) is 29.8 Å². The predicted octanol–water partition coefficient (Wildman–Crippen LogP) is 3.32. The maximum absolute atomic E-state index is 11.6. The summed E-state index contributed by atoms with van der Waals surface area (Å²) in [6.45, 7) is 2.88. The van der Waals surface area contributed by atoms with Crippen LogP contribution in [0.4, 0.5) is 0 Å². The number of benzene rings is 1. The Morgan fingerprint density at radius 3 is 2.53 bits per heavy atom. The molecule has 0 aliphatic rings. The maximum Gasteiger partial charge on any atom is 0.220 e. The van der Waals surface area contributed by atoms with Crippen LogP contribution < -0.4 is 10.1 Å². The molecule has 0 radical (unpaired) electrons. The molecule has 1 amide bonds. The number of methoxy groups -OCH3 is 1. The van der Waals surface area contributed by atoms with Crippen molar-refractivity contribution < 1.29 is 9.53 Å².